The lowest BCUT2D eigenvalue weighted by Crippen LogP contribution is -2.25. The van der Waals surface area contributed by atoms with Crippen LogP contribution >= 0.6 is 7.26 Å². The van der Waals surface area contributed by atoms with E-state index in [1.807, 2.05) is 0 Å². The summed E-state index contributed by atoms with van der Waals surface area (Å²) in [6.45, 7) is 1.72. The Morgan fingerprint density at radius 2 is 1.19 bits per heavy atom. The minimum Gasteiger partial charge on any atom is -0.489 e. The van der Waals surface area contributed by atoms with E-state index in [9.17, 15) is 9.59 Å². The van der Waals surface area contributed by atoms with Gasteiger partial charge in [0.2, 0.25) is 23.1 Å². The maximum absolute atomic E-state index is 12.8. The average molecular weight is 588 g/mol. The summed E-state index contributed by atoms with van der Waals surface area (Å²) in [7, 11) is 1.17. The van der Waals surface area contributed by atoms with Crippen LogP contribution in [0.2, 0.25) is 0 Å². The fourth-order valence-corrected chi connectivity index (χ4v) is 11.1. The lowest BCUT2D eigenvalue weighted by molar-refractivity contribution is -0.121. The first kappa shape index (κ1) is 32.0. The first-order chi connectivity index (χ1) is 20.5. The molecule has 0 saturated heterocycles. The molecule has 0 atom stereocenters. The van der Waals surface area contributed by atoms with Crippen LogP contribution in [-0.2, 0) is 19.1 Å². The molecule has 0 saturated carbocycles. The Morgan fingerprint density at radius 3 is 1.71 bits per heavy atom. The van der Waals surface area contributed by atoms with Crippen molar-refractivity contribution in [3.63, 3.8) is 0 Å². The van der Waals surface area contributed by atoms with Crippen LogP contribution in [0.5, 0.6) is 0 Å². The van der Waals surface area contributed by atoms with Gasteiger partial charge < -0.3 is 9.47 Å². The molecule has 0 spiro atoms. The van der Waals surface area contributed by atoms with Crippen molar-refractivity contribution in [3.05, 3.63) is 100 Å². The monoisotopic (exact) mass is 587 g/mol. The summed E-state index contributed by atoms with van der Waals surface area (Å²) in [5.74, 6) is -0.395. The van der Waals surface area contributed by atoms with Crippen LogP contribution in [0.25, 0.3) is 0 Å². The summed E-state index contributed by atoms with van der Waals surface area (Å²) in [6.07, 6.45) is 30.5. The minimum absolute atomic E-state index is 0.0192. The van der Waals surface area contributed by atoms with Gasteiger partial charge in [-0.3, -0.25) is 9.59 Å². The smallest absolute Gasteiger partial charge is 0.228 e. The fourth-order valence-electron chi connectivity index (χ4n) is 6.49. The van der Waals surface area contributed by atoms with Crippen LogP contribution in [0.4, 0.5) is 0 Å². The number of ketones is 2. The third kappa shape index (κ3) is 7.32. The number of ether oxygens (including phenoxy) is 2. The Bertz CT molecular complexity index is 1260. The van der Waals surface area contributed by atoms with Crippen LogP contribution in [0, 0.1) is 0 Å². The summed E-state index contributed by atoms with van der Waals surface area (Å²) in [5.41, 5.74) is 1.07. The van der Waals surface area contributed by atoms with Crippen LogP contribution < -0.4 is 5.30 Å². The van der Waals surface area contributed by atoms with E-state index in [4.69, 9.17) is 9.47 Å². The molecule has 0 N–H and O–H groups in total. The summed E-state index contributed by atoms with van der Waals surface area (Å²) in [4.78, 5) is 25.4. The molecule has 1 aromatic carbocycles. The zero-order valence-electron chi connectivity index (χ0n) is 25.8. The molecular weight excluding hydrogens is 539 g/mol. The Morgan fingerprint density at radius 1 is 0.667 bits per heavy atom. The molecular formula is C37H48O4P+. The van der Waals surface area contributed by atoms with Gasteiger partial charge in [0.05, 0.1) is 20.4 Å². The largest absolute Gasteiger partial charge is 0.489 e. The van der Waals surface area contributed by atoms with Gasteiger partial charge in [-0.25, -0.2) is 0 Å². The number of unbranched alkanes of at least 4 members (excludes halogenated alkanes) is 7. The van der Waals surface area contributed by atoms with E-state index in [2.05, 4.69) is 66.8 Å². The summed E-state index contributed by atoms with van der Waals surface area (Å²) < 4.78 is 10.3. The van der Waals surface area contributed by atoms with Gasteiger partial charge in [0.1, 0.15) is 23.2 Å². The average Bonchev–Trinajstić information content (AvgIpc) is 3.04. The minimum atomic E-state index is -1.64. The predicted octanol–water partition coefficient (Wildman–Crippen LogP) is 9.28. The number of benzene rings is 1. The molecule has 0 unspecified atom stereocenters. The van der Waals surface area contributed by atoms with Gasteiger partial charge in [0.15, 0.2) is 0 Å². The van der Waals surface area contributed by atoms with Crippen molar-refractivity contribution in [2.75, 3.05) is 20.4 Å². The van der Waals surface area contributed by atoms with Crippen molar-refractivity contribution in [1.29, 1.82) is 0 Å². The molecule has 3 aliphatic carbocycles. The second-order valence-electron chi connectivity index (χ2n) is 11.5. The van der Waals surface area contributed by atoms with Gasteiger partial charge >= 0.3 is 0 Å². The molecule has 0 heterocycles. The van der Waals surface area contributed by atoms with E-state index in [0.29, 0.717) is 17.6 Å². The molecule has 0 fully saturated rings. The van der Waals surface area contributed by atoms with Gasteiger partial charge in [-0.2, -0.15) is 0 Å². The first-order valence-electron chi connectivity index (χ1n) is 15.8. The zero-order valence-corrected chi connectivity index (χ0v) is 26.7. The molecule has 1 aromatic rings. The number of methoxy groups -OCH3 is 2. The molecule has 0 amide bonds. The van der Waals surface area contributed by atoms with Crippen molar-refractivity contribution < 1.29 is 19.1 Å². The maximum Gasteiger partial charge on any atom is 0.228 e. The van der Waals surface area contributed by atoms with Crippen LogP contribution in [0.1, 0.15) is 90.4 Å². The molecule has 4 nitrogen and oxygen atoms in total. The van der Waals surface area contributed by atoms with Crippen molar-refractivity contribution in [2.24, 2.45) is 0 Å². The van der Waals surface area contributed by atoms with Crippen molar-refractivity contribution in [1.82, 2.24) is 0 Å². The van der Waals surface area contributed by atoms with E-state index in [1.54, 1.807) is 17.6 Å². The highest BCUT2D eigenvalue weighted by molar-refractivity contribution is 7.90. The number of allylic oxidation sites excluding steroid dienone is 10. The number of rotatable bonds is 16. The number of carbonyl (C=O) groups excluding carboxylic acids is 2. The van der Waals surface area contributed by atoms with Crippen molar-refractivity contribution >= 4 is 24.1 Å². The number of hydrogen-bond acceptors (Lipinski definition) is 4. The van der Waals surface area contributed by atoms with E-state index in [0.717, 1.165) is 44.9 Å². The standard InChI is InChI=1S/C37H48O4P/c1-29-33(35(39)37(41-3)36(40-2)34(29)38)27-19-8-6-4-5-7-9-20-28-42(30-21-13-10-14-22-30,31-23-15-11-16-24-31)32-25-17-12-18-26-32/h10,13-15,17,21-26H,4-9,11-12,16,18-20,27-28H2,1-3H3/q+1. The van der Waals surface area contributed by atoms with Crippen molar-refractivity contribution in [3.8, 4) is 0 Å². The van der Waals surface area contributed by atoms with E-state index in [1.165, 1.54) is 57.8 Å². The highest BCUT2D eigenvalue weighted by atomic mass is 31.2. The van der Waals surface area contributed by atoms with Gasteiger partial charge in [-0.15, -0.1) is 0 Å². The van der Waals surface area contributed by atoms with Gasteiger partial charge in [-0.05, 0) is 94.7 Å². The third-order valence-electron chi connectivity index (χ3n) is 8.79. The molecule has 0 bridgehead atoms. The molecule has 0 radical (unpaired) electrons. The summed E-state index contributed by atoms with van der Waals surface area (Å²) >= 11 is 0. The van der Waals surface area contributed by atoms with Gasteiger partial charge in [0, 0.05) is 11.1 Å². The van der Waals surface area contributed by atoms with E-state index >= 15 is 0 Å². The van der Waals surface area contributed by atoms with Gasteiger partial charge in [0.25, 0.3) is 0 Å². The van der Waals surface area contributed by atoms with E-state index in [-0.39, 0.29) is 23.1 Å². The molecule has 5 heteroatoms. The summed E-state index contributed by atoms with van der Waals surface area (Å²) in [6, 6.07) is 11.3. The SMILES string of the molecule is COC1=C(OC)C(=O)C(CCCCCCCCCC[P+](C2=CCCC=C2)(C2=CCCC=C2)c2ccccc2)=C(C)C1=O. The van der Waals surface area contributed by atoms with Crippen LogP contribution in [0.3, 0.4) is 0 Å². The second-order valence-corrected chi connectivity index (χ2v) is 15.1. The molecule has 42 heavy (non-hydrogen) atoms. The maximum atomic E-state index is 12.8. The Kier molecular flexibility index (Phi) is 12.2. The second kappa shape index (κ2) is 16.0. The Labute approximate surface area is 253 Å². The highest BCUT2D eigenvalue weighted by Crippen LogP contribution is 2.72. The Hall–Kier alpha value is -2.97. The van der Waals surface area contributed by atoms with Crippen LogP contribution in [0.15, 0.2) is 100 Å². The zero-order chi connectivity index (χ0) is 29.8. The molecule has 0 aromatic heterocycles. The lowest BCUT2D eigenvalue weighted by Gasteiger charge is -2.31. The third-order valence-corrected chi connectivity index (χ3v) is 13.4. The van der Waals surface area contributed by atoms with E-state index < -0.39 is 7.26 Å². The number of Topliss-reactive ketones (excluding diaryl/α,β-unsaturated/α-hetero) is 2. The molecule has 224 valence electrons. The van der Waals surface area contributed by atoms with Crippen molar-refractivity contribution in [2.45, 2.75) is 90.4 Å². The lowest BCUT2D eigenvalue weighted by atomic mass is 9.89. The van der Waals surface area contributed by atoms with Crippen LogP contribution in [-0.4, -0.2) is 31.9 Å². The first-order valence-corrected chi connectivity index (χ1v) is 17.8. The molecule has 0 aliphatic heterocycles. The topological polar surface area (TPSA) is 52.6 Å². The molecule has 3 aliphatic rings. The highest BCUT2D eigenvalue weighted by Gasteiger charge is 2.46. The fraction of sp³-hybridized carbons (Fsp3) is 0.459. The number of hydrogen-bond donors (Lipinski definition) is 0. The summed E-state index contributed by atoms with van der Waals surface area (Å²) in [5, 5.41) is 4.68. The number of carbonyl (C=O) groups is 2. The molecule has 4 rings (SSSR count). The normalized spacial score (nSPS) is 17.5. The predicted molar refractivity (Wildman–Crippen MR) is 176 cm³/mol. The Balaban J connectivity index is 1.25. The quantitative estimate of drug-likeness (QED) is 0.110. The van der Waals surface area contributed by atoms with Gasteiger partial charge in [-0.1, -0.05) is 62.5 Å².